The Kier molecular flexibility index (Phi) is 5.17. The first-order chi connectivity index (χ1) is 12.0. The molecular formula is C18H22N3O3S+. The Labute approximate surface area is 148 Å². The van der Waals surface area contributed by atoms with E-state index < -0.39 is 10.0 Å². The van der Waals surface area contributed by atoms with E-state index in [4.69, 9.17) is 0 Å². The summed E-state index contributed by atoms with van der Waals surface area (Å²) in [6.07, 6.45) is 0. The van der Waals surface area contributed by atoms with Crippen molar-refractivity contribution in [3.63, 3.8) is 0 Å². The highest BCUT2D eigenvalue weighted by Gasteiger charge is 2.30. The van der Waals surface area contributed by atoms with Crippen LogP contribution in [-0.2, 0) is 14.8 Å². The highest BCUT2D eigenvalue weighted by atomic mass is 32.2. The van der Waals surface area contributed by atoms with E-state index in [1.807, 2.05) is 18.2 Å². The van der Waals surface area contributed by atoms with Gasteiger partial charge in [-0.1, -0.05) is 18.2 Å². The molecule has 1 heterocycles. The van der Waals surface area contributed by atoms with E-state index in [9.17, 15) is 13.2 Å². The van der Waals surface area contributed by atoms with Gasteiger partial charge in [-0.2, -0.15) is 4.31 Å². The van der Waals surface area contributed by atoms with Gasteiger partial charge in [0.1, 0.15) is 5.69 Å². The van der Waals surface area contributed by atoms with Gasteiger partial charge < -0.3 is 10.2 Å². The third kappa shape index (κ3) is 4.07. The quantitative estimate of drug-likeness (QED) is 0.850. The SMILES string of the molecule is CC(=O)Nc1ccc(S(=O)(=O)N2CC[NH+](c3ccccc3)CC2)cc1. The molecule has 6 nitrogen and oxygen atoms in total. The number of piperazine rings is 1. The van der Waals surface area contributed by atoms with Gasteiger partial charge >= 0.3 is 0 Å². The normalized spacial score (nSPS) is 16.5. The maximum Gasteiger partial charge on any atom is 0.243 e. The lowest BCUT2D eigenvalue weighted by Gasteiger charge is -2.31. The second-order valence-electron chi connectivity index (χ2n) is 6.08. The number of benzene rings is 2. The zero-order valence-electron chi connectivity index (χ0n) is 14.1. The van der Waals surface area contributed by atoms with E-state index in [0.717, 1.165) is 13.1 Å². The third-order valence-electron chi connectivity index (χ3n) is 4.32. The number of hydrogen-bond acceptors (Lipinski definition) is 3. The Morgan fingerprint density at radius 2 is 1.60 bits per heavy atom. The van der Waals surface area contributed by atoms with E-state index in [1.54, 1.807) is 12.1 Å². The van der Waals surface area contributed by atoms with Crippen LogP contribution < -0.4 is 10.2 Å². The van der Waals surface area contributed by atoms with Crippen molar-refractivity contribution in [3.05, 3.63) is 54.6 Å². The Balaban J connectivity index is 1.68. The molecule has 0 saturated carbocycles. The smallest absolute Gasteiger partial charge is 0.243 e. The van der Waals surface area contributed by atoms with Crippen molar-refractivity contribution in [2.24, 2.45) is 0 Å². The summed E-state index contributed by atoms with van der Waals surface area (Å²) in [5.74, 6) is -0.185. The van der Waals surface area contributed by atoms with Crippen molar-refractivity contribution < 1.29 is 18.1 Å². The summed E-state index contributed by atoms with van der Waals surface area (Å²) in [4.78, 5) is 12.6. The molecule has 1 saturated heterocycles. The van der Waals surface area contributed by atoms with Gasteiger partial charge in [-0.05, 0) is 36.4 Å². The zero-order chi connectivity index (χ0) is 17.9. The van der Waals surface area contributed by atoms with Gasteiger partial charge in [0.15, 0.2) is 0 Å². The van der Waals surface area contributed by atoms with Crippen molar-refractivity contribution in [2.75, 3.05) is 31.5 Å². The topological polar surface area (TPSA) is 70.9 Å². The molecule has 3 rings (SSSR count). The standard InChI is InChI=1S/C18H21N3O3S/c1-15(22)19-16-7-9-18(10-8-16)25(23,24)21-13-11-20(12-14-21)17-5-3-2-4-6-17/h2-10H,11-14H2,1H3,(H,19,22)/p+1. The fourth-order valence-corrected chi connectivity index (χ4v) is 4.46. The number of nitrogens with zero attached hydrogens (tertiary/aromatic N) is 1. The highest BCUT2D eigenvalue weighted by molar-refractivity contribution is 7.89. The number of amides is 1. The van der Waals surface area contributed by atoms with Crippen LogP contribution in [0.25, 0.3) is 0 Å². The number of rotatable bonds is 4. The first kappa shape index (κ1) is 17.6. The van der Waals surface area contributed by atoms with Gasteiger partial charge in [-0.25, -0.2) is 8.42 Å². The van der Waals surface area contributed by atoms with Crippen LogP contribution in [0.1, 0.15) is 6.92 Å². The fourth-order valence-electron chi connectivity index (χ4n) is 3.02. The number of para-hydroxylation sites is 1. The van der Waals surface area contributed by atoms with E-state index in [2.05, 4.69) is 17.4 Å². The molecule has 2 N–H and O–H groups in total. The van der Waals surface area contributed by atoms with Gasteiger partial charge in [-0.3, -0.25) is 4.79 Å². The fraction of sp³-hybridized carbons (Fsp3) is 0.278. The summed E-state index contributed by atoms with van der Waals surface area (Å²) in [6.45, 7) is 3.87. The average molecular weight is 360 g/mol. The van der Waals surface area contributed by atoms with Crippen molar-refractivity contribution in [3.8, 4) is 0 Å². The Morgan fingerprint density at radius 3 is 2.16 bits per heavy atom. The van der Waals surface area contributed by atoms with Crippen LogP contribution in [0.5, 0.6) is 0 Å². The molecule has 0 aromatic heterocycles. The Morgan fingerprint density at radius 1 is 1.00 bits per heavy atom. The number of anilines is 1. The summed E-state index contributed by atoms with van der Waals surface area (Å²) < 4.78 is 27.1. The molecule has 0 radical (unpaired) electrons. The van der Waals surface area contributed by atoms with E-state index in [-0.39, 0.29) is 10.8 Å². The summed E-state index contributed by atoms with van der Waals surface area (Å²) in [6, 6.07) is 16.4. The monoisotopic (exact) mass is 360 g/mol. The molecule has 25 heavy (non-hydrogen) atoms. The van der Waals surface area contributed by atoms with E-state index >= 15 is 0 Å². The van der Waals surface area contributed by atoms with Crippen molar-refractivity contribution >= 4 is 27.3 Å². The van der Waals surface area contributed by atoms with Gasteiger partial charge in [0.05, 0.1) is 31.1 Å². The summed E-state index contributed by atoms with van der Waals surface area (Å²) in [5.41, 5.74) is 1.78. The lowest BCUT2D eigenvalue weighted by Crippen LogP contribution is -3.10. The maximum atomic E-state index is 12.8. The second kappa shape index (κ2) is 7.35. The van der Waals surface area contributed by atoms with Gasteiger partial charge in [0.25, 0.3) is 0 Å². The molecule has 2 aromatic carbocycles. The lowest BCUT2D eigenvalue weighted by molar-refractivity contribution is -0.837. The minimum atomic E-state index is -3.51. The molecule has 7 heteroatoms. The molecule has 0 aliphatic carbocycles. The largest absolute Gasteiger partial charge is 0.326 e. The van der Waals surface area contributed by atoms with Gasteiger partial charge in [0.2, 0.25) is 15.9 Å². The predicted octanol–water partition coefficient (Wildman–Crippen LogP) is 0.866. The first-order valence-corrected chi connectivity index (χ1v) is 9.69. The van der Waals surface area contributed by atoms with Crippen LogP contribution in [0, 0.1) is 0 Å². The van der Waals surface area contributed by atoms with Crippen molar-refractivity contribution in [1.29, 1.82) is 0 Å². The van der Waals surface area contributed by atoms with E-state index in [0.29, 0.717) is 18.8 Å². The average Bonchev–Trinajstić information content (AvgIpc) is 2.62. The number of hydrogen-bond donors (Lipinski definition) is 2. The molecule has 0 bridgehead atoms. The van der Waals surface area contributed by atoms with Crippen LogP contribution in [0.15, 0.2) is 59.5 Å². The molecule has 0 spiro atoms. The molecule has 1 aliphatic rings. The number of carbonyl (C=O) groups is 1. The zero-order valence-corrected chi connectivity index (χ0v) is 14.9. The third-order valence-corrected chi connectivity index (χ3v) is 6.23. The molecule has 132 valence electrons. The molecule has 1 aliphatic heterocycles. The Hall–Kier alpha value is -2.22. The molecular weight excluding hydrogens is 338 g/mol. The second-order valence-corrected chi connectivity index (χ2v) is 8.02. The maximum absolute atomic E-state index is 12.8. The van der Waals surface area contributed by atoms with Crippen LogP contribution in [0.2, 0.25) is 0 Å². The van der Waals surface area contributed by atoms with Crippen LogP contribution in [-0.4, -0.2) is 44.8 Å². The first-order valence-electron chi connectivity index (χ1n) is 8.25. The minimum absolute atomic E-state index is 0.185. The highest BCUT2D eigenvalue weighted by Crippen LogP contribution is 2.18. The number of carbonyl (C=O) groups excluding carboxylic acids is 1. The minimum Gasteiger partial charge on any atom is -0.326 e. The predicted molar refractivity (Wildman–Crippen MR) is 96.3 cm³/mol. The summed E-state index contributed by atoms with van der Waals surface area (Å²) >= 11 is 0. The molecule has 0 unspecified atom stereocenters. The van der Waals surface area contributed by atoms with Crippen molar-refractivity contribution in [2.45, 2.75) is 11.8 Å². The molecule has 1 amide bonds. The number of nitrogens with one attached hydrogen (secondary N) is 2. The molecule has 1 fully saturated rings. The van der Waals surface area contributed by atoms with Crippen LogP contribution in [0.3, 0.4) is 0 Å². The molecule has 0 atom stereocenters. The van der Waals surface area contributed by atoms with E-state index in [1.165, 1.54) is 33.9 Å². The Bertz CT molecular complexity index is 828. The van der Waals surface area contributed by atoms with Gasteiger partial charge in [0, 0.05) is 12.6 Å². The number of quaternary nitrogens is 1. The van der Waals surface area contributed by atoms with Crippen LogP contribution >= 0.6 is 0 Å². The summed E-state index contributed by atoms with van der Waals surface area (Å²) in [7, 11) is -3.51. The number of sulfonamides is 1. The van der Waals surface area contributed by atoms with Gasteiger partial charge in [-0.15, -0.1) is 0 Å². The van der Waals surface area contributed by atoms with Crippen LogP contribution in [0.4, 0.5) is 11.4 Å². The van der Waals surface area contributed by atoms with Crippen molar-refractivity contribution in [1.82, 2.24) is 4.31 Å². The lowest BCUT2D eigenvalue weighted by atomic mass is 10.2. The summed E-state index contributed by atoms with van der Waals surface area (Å²) in [5, 5.41) is 2.64. The molecule has 2 aromatic rings.